The average molecular weight is 603 g/mol. The van der Waals surface area contributed by atoms with Crippen LogP contribution in [0, 0.1) is 20.8 Å². The fourth-order valence-electron chi connectivity index (χ4n) is 4.84. The predicted molar refractivity (Wildman–Crippen MR) is 160 cm³/mol. The first-order valence-corrected chi connectivity index (χ1v) is 15.5. The summed E-state index contributed by atoms with van der Waals surface area (Å²) in [4.78, 5) is 39.4. The van der Waals surface area contributed by atoms with Crippen molar-refractivity contribution in [2.24, 2.45) is 0 Å². The molecule has 6 rings (SSSR count). The topological polar surface area (TPSA) is 154 Å². The van der Waals surface area contributed by atoms with Gasteiger partial charge in [0.05, 0.1) is 22.8 Å². The molecule has 1 aliphatic rings. The highest BCUT2D eigenvalue weighted by Crippen LogP contribution is 2.33. The molecule has 12 nitrogen and oxygen atoms in total. The number of sulfonamides is 1. The number of aromatic nitrogens is 6. The summed E-state index contributed by atoms with van der Waals surface area (Å²) in [5, 5.41) is 8.12. The maximum absolute atomic E-state index is 13.4. The van der Waals surface area contributed by atoms with Crippen LogP contribution in [0.25, 0.3) is 16.7 Å². The van der Waals surface area contributed by atoms with Crippen molar-refractivity contribution in [3.05, 3.63) is 88.2 Å². The van der Waals surface area contributed by atoms with E-state index in [4.69, 9.17) is 4.98 Å². The van der Waals surface area contributed by atoms with Crippen LogP contribution in [0.5, 0.6) is 0 Å². The van der Waals surface area contributed by atoms with Crippen molar-refractivity contribution < 1.29 is 13.2 Å². The summed E-state index contributed by atoms with van der Waals surface area (Å²) in [5.41, 5.74) is 3.18. The van der Waals surface area contributed by atoms with Crippen LogP contribution in [0.2, 0.25) is 0 Å². The third-order valence-corrected chi connectivity index (χ3v) is 9.16. The molecule has 5 aromatic rings. The maximum atomic E-state index is 13.4. The van der Waals surface area contributed by atoms with Crippen LogP contribution in [0.1, 0.15) is 29.5 Å². The van der Waals surface area contributed by atoms with Crippen LogP contribution in [-0.2, 0) is 14.8 Å². The van der Waals surface area contributed by atoms with E-state index < -0.39 is 10.0 Å². The van der Waals surface area contributed by atoms with E-state index in [1.165, 1.54) is 42.2 Å². The van der Waals surface area contributed by atoms with Gasteiger partial charge in [0.2, 0.25) is 5.91 Å². The summed E-state index contributed by atoms with van der Waals surface area (Å²) in [5.74, 6) is 0.840. The quantitative estimate of drug-likeness (QED) is 0.265. The lowest BCUT2D eigenvalue weighted by Crippen LogP contribution is -2.27. The number of benzene rings is 2. The number of anilines is 2. The van der Waals surface area contributed by atoms with Gasteiger partial charge in [0.25, 0.3) is 15.6 Å². The van der Waals surface area contributed by atoms with Crippen LogP contribution >= 0.6 is 11.8 Å². The standard InChI is InChI=1S/C28H26N8O4S2/c1-16-5-4-6-20(11-16)36-26-23(14-29-36)27(38)35-21(15-41-28(35)33-26)13-25(37)32-19-7-9-22(10-8-19)42(39,40)34-24-12-17(2)30-18(3)31-24/h4-12,14,21H,13,15H2,1-3H3,(H,32,37)(H,30,31,34). The maximum Gasteiger partial charge on any atom is 0.265 e. The molecule has 0 saturated heterocycles. The number of nitrogens with one attached hydrogen (secondary N) is 2. The molecule has 214 valence electrons. The number of amides is 1. The molecule has 1 amide bonds. The van der Waals surface area contributed by atoms with Crippen molar-refractivity contribution in [1.82, 2.24) is 29.3 Å². The fourth-order valence-corrected chi connectivity index (χ4v) is 6.96. The van der Waals surface area contributed by atoms with Gasteiger partial charge in [-0.3, -0.25) is 18.9 Å². The molecule has 0 saturated carbocycles. The van der Waals surface area contributed by atoms with Crippen LogP contribution < -0.4 is 15.6 Å². The smallest absolute Gasteiger partial charge is 0.265 e. The largest absolute Gasteiger partial charge is 0.326 e. The Hall–Kier alpha value is -4.56. The number of hydrogen-bond acceptors (Lipinski definition) is 9. The number of rotatable bonds is 7. The molecule has 2 N–H and O–H groups in total. The Labute approximate surface area is 245 Å². The minimum Gasteiger partial charge on any atom is -0.326 e. The predicted octanol–water partition coefficient (Wildman–Crippen LogP) is 3.77. The average Bonchev–Trinajstić information content (AvgIpc) is 3.53. The number of hydrogen-bond donors (Lipinski definition) is 2. The second-order valence-electron chi connectivity index (χ2n) is 9.99. The van der Waals surface area contributed by atoms with Crippen molar-refractivity contribution >= 4 is 50.2 Å². The number of carbonyl (C=O) groups excluding carboxylic acids is 1. The zero-order valence-corrected chi connectivity index (χ0v) is 24.5. The number of thioether (sulfide) groups is 1. The van der Waals surface area contributed by atoms with E-state index in [1.54, 1.807) is 29.2 Å². The Morgan fingerprint density at radius 2 is 1.83 bits per heavy atom. The minimum atomic E-state index is -3.89. The zero-order valence-electron chi connectivity index (χ0n) is 22.9. The first kappa shape index (κ1) is 27.6. The molecule has 14 heteroatoms. The zero-order chi connectivity index (χ0) is 29.6. The summed E-state index contributed by atoms with van der Waals surface area (Å²) in [7, 11) is -3.89. The molecule has 3 aromatic heterocycles. The first-order valence-electron chi connectivity index (χ1n) is 13.0. The summed E-state index contributed by atoms with van der Waals surface area (Å²) in [6.45, 7) is 5.41. The minimum absolute atomic E-state index is 0.0170. The Kier molecular flexibility index (Phi) is 7.02. The van der Waals surface area contributed by atoms with Gasteiger partial charge in [0, 0.05) is 29.6 Å². The molecule has 0 fully saturated rings. The van der Waals surface area contributed by atoms with E-state index in [0.29, 0.717) is 39.1 Å². The monoisotopic (exact) mass is 602 g/mol. The summed E-state index contributed by atoms with van der Waals surface area (Å²) in [6, 6.07) is 14.8. The van der Waals surface area contributed by atoms with E-state index >= 15 is 0 Å². The highest BCUT2D eigenvalue weighted by atomic mass is 32.2. The lowest BCUT2D eigenvalue weighted by molar-refractivity contribution is -0.116. The Bertz CT molecular complexity index is 2000. The molecule has 2 aromatic carbocycles. The van der Waals surface area contributed by atoms with E-state index in [-0.39, 0.29) is 34.6 Å². The SMILES string of the molecule is Cc1cccc(-n2ncc3c(=O)n4c(nc32)SCC4CC(=O)Nc2ccc(S(=O)(=O)Nc3cc(C)nc(C)n3)cc2)c1. The van der Waals surface area contributed by atoms with Gasteiger partial charge >= 0.3 is 0 Å². The fraction of sp³-hybridized carbons (Fsp3) is 0.214. The number of aryl methyl sites for hydroxylation is 3. The van der Waals surface area contributed by atoms with Crippen molar-refractivity contribution in [3.8, 4) is 5.69 Å². The Morgan fingerprint density at radius 1 is 1.05 bits per heavy atom. The lowest BCUT2D eigenvalue weighted by Gasteiger charge is -2.14. The van der Waals surface area contributed by atoms with Crippen molar-refractivity contribution in [2.45, 2.75) is 43.3 Å². The van der Waals surface area contributed by atoms with Crippen LogP contribution in [0.15, 0.2) is 75.6 Å². The second-order valence-corrected chi connectivity index (χ2v) is 12.7. The van der Waals surface area contributed by atoms with Gasteiger partial charge < -0.3 is 5.32 Å². The van der Waals surface area contributed by atoms with E-state index in [2.05, 4.69) is 25.1 Å². The van der Waals surface area contributed by atoms with Gasteiger partial charge in [-0.2, -0.15) is 5.10 Å². The molecule has 1 atom stereocenters. The number of carbonyl (C=O) groups is 1. The molecule has 1 unspecified atom stereocenters. The van der Waals surface area contributed by atoms with Gasteiger partial charge in [0.15, 0.2) is 10.8 Å². The van der Waals surface area contributed by atoms with Crippen LogP contribution in [0.4, 0.5) is 11.5 Å². The third-order valence-electron chi connectivity index (χ3n) is 6.69. The van der Waals surface area contributed by atoms with Crippen molar-refractivity contribution in [2.75, 3.05) is 15.8 Å². The Balaban J connectivity index is 1.16. The molecule has 1 aliphatic heterocycles. The Morgan fingerprint density at radius 3 is 2.57 bits per heavy atom. The van der Waals surface area contributed by atoms with Crippen molar-refractivity contribution in [1.29, 1.82) is 0 Å². The number of nitrogens with zero attached hydrogens (tertiary/aromatic N) is 6. The summed E-state index contributed by atoms with van der Waals surface area (Å²) < 4.78 is 31.3. The molecule has 4 heterocycles. The van der Waals surface area contributed by atoms with E-state index in [9.17, 15) is 18.0 Å². The summed E-state index contributed by atoms with van der Waals surface area (Å²) >= 11 is 1.42. The molecule has 0 bridgehead atoms. The molecule has 0 radical (unpaired) electrons. The van der Waals surface area contributed by atoms with Gasteiger partial charge in [-0.1, -0.05) is 23.9 Å². The van der Waals surface area contributed by atoms with Gasteiger partial charge in [-0.05, 0) is 62.7 Å². The molecule has 0 aliphatic carbocycles. The van der Waals surface area contributed by atoms with E-state index in [0.717, 1.165) is 11.3 Å². The molecular formula is C28H26N8O4S2. The summed E-state index contributed by atoms with van der Waals surface area (Å²) in [6.07, 6.45) is 1.56. The van der Waals surface area contributed by atoms with Gasteiger partial charge in [-0.25, -0.2) is 28.1 Å². The molecule has 0 spiro atoms. The lowest BCUT2D eigenvalue weighted by atomic mass is 10.2. The third kappa shape index (κ3) is 5.37. The molecular weight excluding hydrogens is 576 g/mol. The first-order chi connectivity index (χ1) is 20.1. The van der Waals surface area contributed by atoms with Crippen LogP contribution in [0.3, 0.4) is 0 Å². The normalized spacial score (nSPS) is 14.6. The van der Waals surface area contributed by atoms with Gasteiger partial charge in [0.1, 0.15) is 17.0 Å². The van der Waals surface area contributed by atoms with Gasteiger partial charge in [-0.15, -0.1) is 0 Å². The second kappa shape index (κ2) is 10.7. The highest BCUT2D eigenvalue weighted by Gasteiger charge is 2.30. The number of fused-ring (bicyclic) bond motifs is 2. The van der Waals surface area contributed by atoms with Crippen LogP contribution in [-0.4, -0.2) is 49.4 Å². The van der Waals surface area contributed by atoms with E-state index in [1.807, 2.05) is 31.2 Å². The van der Waals surface area contributed by atoms with Crippen molar-refractivity contribution in [3.63, 3.8) is 0 Å². The molecule has 42 heavy (non-hydrogen) atoms. The highest BCUT2D eigenvalue weighted by molar-refractivity contribution is 7.99.